The molecule has 2 aromatic rings. The van der Waals surface area contributed by atoms with Crippen LogP contribution >= 0.6 is 11.6 Å². The highest BCUT2D eigenvalue weighted by Gasteiger charge is 2.07. The summed E-state index contributed by atoms with van der Waals surface area (Å²) >= 11 is 5.67. The zero-order valence-corrected chi connectivity index (χ0v) is 12.1. The number of amides is 1. The van der Waals surface area contributed by atoms with Crippen LogP contribution in [-0.4, -0.2) is 5.91 Å². The van der Waals surface area contributed by atoms with Gasteiger partial charge >= 0.3 is 0 Å². The average Bonchev–Trinajstić information content (AvgIpc) is 2.38. The van der Waals surface area contributed by atoms with Gasteiger partial charge in [0.1, 0.15) is 5.82 Å². The van der Waals surface area contributed by atoms with Crippen molar-refractivity contribution in [2.24, 2.45) is 0 Å². The van der Waals surface area contributed by atoms with E-state index in [1.807, 2.05) is 32.0 Å². The molecule has 104 valence electrons. The van der Waals surface area contributed by atoms with Crippen LogP contribution in [0.4, 0.5) is 10.1 Å². The lowest BCUT2D eigenvalue weighted by Gasteiger charge is -2.07. The molecule has 0 heterocycles. The number of aryl methyl sites for hydroxylation is 2. The van der Waals surface area contributed by atoms with E-state index < -0.39 is 5.82 Å². The molecule has 2 aromatic carbocycles. The van der Waals surface area contributed by atoms with Crippen LogP contribution in [0.1, 0.15) is 16.7 Å². The molecule has 0 aliphatic rings. The molecule has 0 saturated carbocycles. The number of benzene rings is 2. The molecule has 0 spiro atoms. The number of nitrogens with one attached hydrogen (secondary N) is 1. The van der Waals surface area contributed by atoms with Gasteiger partial charge in [0.05, 0.1) is 11.4 Å². The first-order chi connectivity index (χ1) is 9.45. The molecule has 0 saturated heterocycles. The third-order valence-electron chi connectivity index (χ3n) is 3.14. The van der Waals surface area contributed by atoms with E-state index in [1.54, 1.807) is 0 Å². The molecule has 0 radical (unpaired) electrons. The highest BCUT2D eigenvalue weighted by Crippen LogP contribution is 2.19. The second kappa shape index (κ2) is 6.06. The van der Waals surface area contributed by atoms with E-state index in [0.29, 0.717) is 5.69 Å². The maximum atomic E-state index is 13.0. The van der Waals surface area contributed by atoms with Gasteiger partial charge in [-0.15, -0.1) is 0 Å². The summed E-state index contributed by atoms with van der Waals surface area (Å²) in [7, 11) is 0. The molecular weight excluding hydrogens is 277 g/mol. The summed E-state index contributed by atoms with van der Waals surface area (Å²) in [4.78, 5) is 11.9. The van der Waals surface area contributed by atoms with Gasteiger partial charge in [0, 0.05) is 5.69 Å². The van der Waals surface area contributed by atoms with Crippen LogP contribution in [0.2, 0.25) is 5.02 Å². The van der Waals surface area contributed by atoms with E-state index >= 15 is 0 Å². The largest absolute Gasteiger partial charge is 0.326 e. The summed E-state index contributed by atoms with van der Waals surface area (Å²) in [5, 5.41) is 2.70. The van der Waals surface area contributed by atoms with Gasteiger partial charge in [0.15, 0.2) is 0 Å². The van der Waals surface area contributed by atoms with E-state index in [4.69, 9.17) is 11.6 Å². The summed E-state index contributed by atoms with van der Waals surface area (Å²) in [5.74, 6) is -0.658. The molecule has 4 heteroatoms. The minimum atomic E-state index is -0.501. The Balaban J connectivity index is 2.04. The van der Waals surface area contributed by atoms with Gasteiger partial charge in [0.2, 0.25) is 5.91 Å². The van der Waals surface area contributed by atoms with Crippen molar-refractivity contribution < 1.29 is 9.18 Å². The topological polar surface area (TPSA) is 29.1 Å². The van der Waals surface area contributed by atoms with Crippen molar-refractivity contribution in [2.75, 3.05) is 5.32 Å². The minimum absolute atomic E-state index is 0.00557. The standard InChI is InChI=1S/C16H15ClFNO/c1-10-3-4-12(7-11(10)2)8-16(20)19-13-5-6-15(18)14(17)9-13/h3-7,9H,8H2,1-2H3,(H,19,20). The predicted octanol–water partition coefficient (Wildman–Crippen LogP) is 4.28. The first-order valence-corrected chi connectivity index (χ1v) is 6.64. The highest BCUT2D eigenvalue weighted by molar-refractivity contribution is 6.31. The summed E-state index contributed by atoms with van der Waals surface area (Å²) < 4.78 is 13.0. The number of hydrogen-bond acceptors (Lipinski definition) is 1. The monoisotopic (exact) mass is 291 g/mol. The van der Waals surface area contributed by atoms with E-state index in [1.165, 1.54) is 23.8 Å². The van der Waals surface area contributed by atoms with Crippen molar-refractivity contribution in [3.8, 4) is 0 Å². The van der Waals surface area contributed by atoms with Crippen molar-refractivity contribution in [3.63, 3.8) is 0 Å². The van der Waals surface area contributed by atoms with Crippen LogP contribution in [0.25, 0.3) is 0 Å². The molecule has 0 aliphatic carbocycles. The van der Waals surface area contributed by atoms with E-state index in [0.717, 1.165) is 11.1 Å². The Morgan fingerprint density at radius 3 is 2.55 bits per heavy atom. The first kappa shape index (κ1) is 14.5. The molecule has 2 rings (SSSR count). The fourth-order valence-corrected chi connectivity index (χ4v) is 2.06. The van der Waals surface area contributed by atoms with Crippen molar-refractivity contribution in [2.45, 2.75) is 20.3 Å². The van der Waals surface area contributed by atoms with Gasteiger partial charge in [-0.2, -0.15) is 0 Å². The van der Waals surface area contributed by atoms with Crippen LogP contribution in [0.3, 0.4) is 0 Å². The molecule has 20 heavy (non-hydrogen) atoms. The van der Waals surface area contributed by atoms with Crippen molar-refractivity contribution in [3.05, 3.63) is 63.9 Å². The summed E-state index contributed by atoms with van der Waals surface area (Å²) in [5.41, 5.74) is 3.78. The lowest BCUT2D eigenvalue weighted by molar-refractivity contribution is -0.115. The second-order valence-corrected chi connectivity index (χ2v) is 5.18. The molecule has 0 bridgehead atoms. The lowest BCUT2D eigenvalue weighted by Crippen LogP contribution is -2.14. The molecule has 0 unspecified atom stereocenters. The Bertz CT molecular complexity index is 599. The third-order valence-corrected chi connectivity index (χ3v) is 3.43. The van der Waals surface area contributed by atoms with Gasteiger partial charge in [-0.25, -0.2) is 4.39 Å². The number of hydrogen-bond donors (Lipinski definition) is 1. The second-order valence-electron chi connectivity index (χ2n) is 4.77. The molecule has 0 aromatic heterocycles. The SMILES string of the molecule is Cc1ccc(CC(=O)Nc2ccc(F)c(Cl)c2)cc1C. The number of anilines is 1. The normalized spacial score (nSPS) is 10.4. The maximum absolute atomic E-state index is 13.0. The van der Waals surface area contributed by atoms with Crippen LogP contribution < -0.4 is 5.32 Å². The van der Waals surface area contributed by atoms with Crippen LogP contribution in [0.15, 0.2) is 36.4 Å². The summed E-state index contributed by atoms with van der Waals surface area (Å²) in [6, 6.07) is 10.0. The van der Waals surface area contributed by atoms with Crippen molar-refractivity contribution >= 4 is 23.2 Å². The van der Waals surface area contributed by atoms with Crippen LogP contribution in [0, 0.1) is 19.7 Å². The van der Waals surface area contributed by atoms with Crippen LogP contribution in [-0.2, 0) is 11.2 Å². The molecular formula is C16H15ClFNO. The van der Waals surface area contributed by atoms with Gasteiger partial charge in [-0.05, 0) is 48.7 Å². The average molecular weight is 292 g/mol. The Morgan fingerprint density at radius 1 is 1.15 bits per heavy atom. The summed E-state index contributed by atoms with van der Waals surface area (Å²) in [6.45, 7) is 4.04. The Kier molecular flexibility index (Phi) is 4.40. The number of carbonyl (C=O) groups is 1. The Labute approximate surface area is 122 Å². The van der Waals surface area contributed by atoms with E-state index in [2.05, 4.69) is 5.32 Å². The molecule has 1 N–H and O–H groups in total. The van der Waals surface area contributed by atoms with Gasteiger partial charge < -0.3 is 5.32 Å². The molecule has 2 nitrogen and oxygen atoms in total. The highest BCUT2D eigenvalue weighted by atomic mass is 35.5. The smallest absolute Gasteiger partial charge is 0.228 e. The Hall–Kier alpha value is -1.87. The predicted molar refractivity (Wildman–Crippen MR) is 79.7 cm³/mol. The number of halogens is 2. The first-order valence-electron chi connectivity index (χ1n) is 6.27. The fourth-order valence-electron chi connectivity index (χ4n) is 1.88. The summed E-state index contributed by atoms with van der Waals surface area (Å²) in [6.07, 6.45) is 0.274. The zero-order valence-electron chi connectivity index (χ0n) is 11.3. The van der Waals surface area contributed by atoms with E-state index in [9.17, 15) is 9.18 Å². The van der Waals surface area contributed by atoms with Crippen molar-refractivity contribution in [1.29, 1.82) is 0 Å². The molecule has 1 amide bonds. The van der Waals surface area contributed by atoms with Gasteiger partial charge in [-0.3, -0.25) is 4.79 Å². The third kappa shape index (κ3) is 3.58. The quantitative estimate of drug-likeness (QED) is 0.898. The Morgan fingerprint density at radius 2 is 1.90 bits per heavy atom. The lowest BCUT2D eigenvalue weighted by atomic mass is 10.0. The van der Waals surface area contributed by atoms with Gasteiger partial charge in [-0.1, -0.05) is 29.8 Å². The fraction of sp³-hybridized carbons (Fsp3) is 0.188. The minimum Gasteiger partial charge on any atom is -0.326 e. The van der Waals surface area contributed by atoms with Crippen molar-refractivity contribution in [1.82, 2.24) is 0 Å². The molecule has 0 fully saturated rings. The number of rotatable bonds is 3. The number of carbonyl (C=O) groups excluding carboxylic acids is 1. The molecule has 0 aliphatic heterocycles. The maximum Gasteiger partial charge on any atom is 0.228 e. The van der Waals surface area contributed by atoms with E-state index in [-0.39, 0.29) is 17.4 Å². The van der Waals surface area contributed by atoms with Gasteiger partial charge in [0.25, 0.3) is 0 Å². The van der Waals surface area contributed by atoms with Crippen LogP contribution in [0.5, 0.6) is 0 Å². The zero-order chi connectivity index (χ0) is 14.7. The molecule has 0 atom stereocenters.